The van der Waals surface area contributed by atoms with E-state index < -0.39 is 6.10 Å². The van der Waals surface area contributed by atoms with Gasteiger partial charge in [0.2, 0.25) is 5.91 Å². The van der Waals surface area contributed by atoms with E-state index in [4.69, 9.17) is 4.74 Å². The van der Waals surface area contributed by atoms with Crippen molar-refractivity contribution in [3.8, 4) is 0 Å². The van der Waals surface area contributed by atoms with Crippen LogP contribution < -0.4 is 5.32 Å². The molecule has 0 aromatic rings. The van der Waals surface area contributed by atoms with Gasteiger partial charge in [-0.15, -0.1) is 0 Å². The highest BCUT2D eigenvalue weighted by molar-refractivity contribution is 6.11. The normalized spacial score (nSPS) is 37.6. The van der Waals surface area contributed by atoms with Crippen molar-refractivity contribution in [1.82, 2.24) is 5.32 Å². The molecule has 4 nitrogen and oxygen atoms in total. The fraction of sp³-hybridized carbons (Fsp3) is 0.900. The van der Waals surface area contributed by atoms with Crippen molar-refractivity contribution in [2.45, 2.75) is 38.5 Å². The van der Waals surface area contributed by atoms with E-state index in [1.54, 1.807) is 7.05 Å². The number of carbonyl (C=O) groups excluding carboxylic acids is 1. The third-order valence-electron chi connectivity index (χ3n) is 3.35. The molecule has 1 amide bonds. The number of ether oxygens (including phenoxy) is 1. The van der Waals surface area contributed by atoms with Crippen molar-refractivity contribution in [2.24, 2.45) is 11.8 Å². The van der Waals surface area contributed by atoms with Gasteiger partial charge < -0.3 is 15.2 Å². The Bertz CT molecular complexity index is 237. The van der Waals surface area contributed by atoms with Gasteiger partial charge in [0, 0.05) is 24.9 Å². The average molecular weight is 213 g/mol. The van der Waals surface area contributed by atoms with E-state index in [1.165, 1.54) is 0 Å². The van der Waals surface area contributed by atoms with E-state index in [0.29, 0.717) is 0 Å². The highest BCUT2D eigenvalue weighted by Crippen LogP contribution is 2.32. The lowest BCUT2D eigenvalue weighted by Crippen LogP contribution is -2.40. The molecule has 86 valence electrons. The van der Waals surface area contributed by atoms with E-state index in [9.17, 15) is 9.90 Å². The van der Waals surface area contributed by atoms with Gasteiger partial charge in [-0.3, -0.25) is 4.79 Å². The lowest BCUT2D eigenvalue weighted by molar-refractivity contribution is -0.126. The maximum Gasteiger partial charge on any atom is 0.223 e. The van der Waals surface area contributed by atoms with E-state index in [2.05, 4.69) is 5.32 Å². The van der Waals surface area contributed by atoms with Crippen LogP contribution in [0, 0.1) is 11.8 Å². The van der Waals surface area contributed by atoms with Crippen LogP contribution in [0.4, 0.5) is 0 Å². The van der Waals surface area contributed by atoms with E-state index >= 15 is 0 Å². The minimum Gasteiger partial charge on any atom is -0.390 e. The van der Waals surface area contributed by atoms with E-state index in [-0.39, 0.29) is 29.9 Å². The van der Waals surface area contributed by atoms with Gasteiger partial charge in [0.05, 0.1) is 12.2 Å². The highest BCUT2D eigenvalue weighted by atomic mass is 16.5. The predicted molar refractivity (Wildman–Crippen MR) is 60.2 cm³/mol. The minimum atomic E-state index is -0.530. The molecular weight excluding hydrogens is 193 g/mol. The second kappa shape index (κ2) is 4.99. The zero-order valence-electron chi connectivity index (χ0n) is 9.86. The van der Waals surface area contributed by atoms with Gasteiger partial charge in [-0.1, -0.05) is 13.8 Å². The summed E-state index contributed by atoms with van der Waals surface area (Å²) in [5.74, 6) is -0.349. The Kier molecular flexibility index (Phi) is 4.17. The molecule has 1 aliphatic heterocycles. The van der Waals surface area contributed by atoms with Crippen molar-refractivity contribution in [3.63, 3.8) is 0 Å². The maximum absolute atomic E-state index is 11.5. The fourth-order valence-corrected chi connectivity index (χ4v) is 2.41. The van der Waals surface area contributed by atoms with Gasteiger partial charge in [-0.25, -0.2) is 0 Å². The Labute approximate surface area is 91.8 Å². The van der Waals surface area contributed by atoms with Crippen LogP contribution >= 0.6 is 0 Å². The molecule has 0 bridgehead atoms. The highest BCUT2D eigenvalue weighted by Gasteiger charge is 2.44. The first-order chi connectivity index (χ1) is 7.02. The summed E-state index contributed by atoms with van der Waals surface area (Å²) in [5.41, 5.74) is 0. The summed E-state index contributed by atoms with van der Waals surface area (Å²) in [5, 5.41) is 12.6. The fourth-order valence-electron chi connectivity index (χ4n) is 2.41. The molecule has 5 atom stereocenters. The third-order valence-corrected chi connectivity index (χ3v) is 3.35. The summed E-state index contributed by atoms with van der Waals surface area (Å²) in [6, 6.07) is -0.0581. The second-order valence-corrected chi connectivity index (χ2v) is 4.26. The van der Waals surface area contributed by atoms with Crippen LogP contribution in [0.1, 0.15) is 20.3 Å². The number of hydrogen-bond donors (Lipinski definition) is 2. The molecule has 1 rings (SSSR count). The molecule has 1 fully saturated rings. The summed E-state index contributed by atoms with van der Waals surface area (Å²) in [7, 11) is 3.53. The lowest BCUT2D eigenvalue weighted by atomic mass is 9.76. The SMILES string of the molecule is B[C@@H]1O[C@H](CC)C(O)[C@@H]1[C@@H](C)C(=O)NC. The molecule has 5 heteroatoms. The van der Waals surface area contributed by atoms with Crippen molar-refractivity contribution in [2.75, 3.05) is 7.05 Å². The first kappa shape index (κ1) is 12.5. The number of amides is 1. The molecule has 1 heterocycles. The molecule has 0 aromatic carbocycles. The molecule has 1 saturated heterocycles. The van der Waals surface area contributed by atoms with Crippen molar-refractivity contribution < 1.29 is 14.6 Å². The summed E-state index contributed by atoms with van der Waals surface area (Å²) < 4.78 is 5.62. The third kappa shape index (κ3) is 2.34. The van der Waals surface area contributed by atoms with Gasteiger partial charge >= 0.3 is 0 Å². The van der Waals surface area contributed by atoms with Gasteiger partial charge in [0.1, 0.15) is 7.85 Å². The monoisotopic (exact) mass is 213 g/mol. The van der Waals surface area contributed by atoms with Gasteiger partial charge in [-0.2, -0.15) is 0 Å². The van der Waals surface area contributed by atoms with Crippen LogP contribution in [-0.4, -0.2) is 44.1 Å². The number of nitrogens with one attached hydrogen (secondary N) is 1. The number of rotatable bonds is 3. The van der Waals surface area contributed by atoms with Crippen LogP contribution in [0.15, 0.2) is 0 Å². The molecule has 0 aromatic heterocycles. The largest absolute Gasteiger partial charge is 0.390 e. The lowest BCUT2D eigenvalue weighted by Gasteiger charge is -2.23. The molecule has 2 N–H and O–H groups in total. The molecule has 1 unspecified atom stereocenters. The second-order valence-electron chi connectivity index (χ2n) is 4.26. The van der Waals surface area contributed by atoms with E-state index in [1.807, 2.05) is 21.7 Å². The number of aliphatic hydroxyl groups excluding tert-OH is 1. The van der Waals surface area contributed by atoms with Crippen LogP contribution in [0.2, 0.25) is 0 Å². The molecule has 1 aliphatic rings. The molecule has 0 radical (unpaired) electrons. The number of aliphatic hydroxyl groups is 1. The topological polar surface area (TPSA) is 58.6 Å². The summed E-state index contributed by atoms with van der Waals surface area (Å²) >= 11 is 0. The molecule has 0 spiro atoms. The zero-order chi connectivity index (χ0) is 11.6. The Hall–Kier alpha value is -0.545. The number of carbonyl (C=O) groups is 1. The van der Waals surface area contributed by atoms with Crippen LogP contribution in [-0.2, 0) is 9.53 Å². The number of hydrogen-bond acceptors (Lipinski definition) is 3. The molecule has 0 saturated carbocycles. The quantitative estimate of drug-likeness (QED) is 0.598. The standard InChI is InChI=1S/C10H20BNO3/c1-4-6-8(13)7(9(11)15-6)5(2)10(14)12-3/h5-9,13H,4,11H2,1-3H3,(H,12,14)/t5-,6-,7+,8?,9-/m1/s1. The zero-order valence-corrected chi connectivity index (χ0v) is 9.86. The average Bonchev–Trinajstić information content (AvgIpc) is 2.51. The smallest absolute Gasteiger partial charge is 0.223 e. The van der Waals surface area contributed by atoms with Crippen LogP contribution in [0.25, 0.3) is 0 Å². The predicted octanol–water partition coefficient (Wildman–Crippen LogP) is -0.886. The first-order valence-electron chi connectivity index (χ1n) is 5.58. The van der Waals surface area contributed by atoms with E-state index in [0.717, 1.165) is 6.42 Å². The van der Waals surface area contributed by atoms with Gasteiger partial charge in [0.25, 0.3) is 0 Å². The Morgan fingerprint density at radius 1 is 1.67 bits per heavy atom. The Balaban J connectivity index is 2.72. The van der Waals surface area contributed by atoms with Crippen molar-refractivity contribution in [1.29, 1.82) is 0 Å². The van der Waals surface area contributed by atoms with Crippen molar-refractivity contribution >= 4 is 13.8 Å². The molecular formula is C10H20BNO3. The van der Waals surface area contributed by atoms with Crippen LogP contribution in [0.3, 0.4) is 0 Å². The maximum atomic E-state index is 11.5. The Morgan fingerprint density at radius 3 is 2.67 bits per heavy atom. The summed E-state index contributed by atoms with van der Waals surface area (Å²) in [4.78, 5) is 11.5. The molecule has 15 heavy (non-hydrogen) atoms. The first-order valence-corrected chi connectivity index (χ1v) is 5.58. The summed E-state index contributed by atoms with van der Waals surface area (Å²) in [6.07, 6.45) is 0.122. The molecule has 0 aliphatic carbocycles. The summed E-state index contributed by atoms with van der Waals surface area (Å²) in [6.45, 7) is 3.82. The Morgan fingerprint density at radius 2 is 2.27 bits per heavy atom. The van der Waals surface area contributed by atoms with Gasteiger partial charge in [0.15, 0.2) is 0 Å². The minimum absolute atomic E-state index is 0.0359. The van der Waals surface area contributed by atoms with Crippen molar-refractivity contribution in [3.05, 3.63) is 0 Å². The van der Waals surface area contributed by atoms with Crippen LogP contribution in [0.5, 0.6) is 0 Å². The van der Waals surface area contributed by atoms with Gasteiger partial charge in [-0.05, 0) is 6.42 Å².